The van der Waals surface area contributed by atoms with Crippen molar-refractivity contribution in [1.29, 1.82) is 0 Å². The zero-order chi connectivity index (χ0) is 12.8. The van der Waals surface area contributed by atoms with E-state index in [-0.39, 0.29) is 12.1 Å². The summed E-state index contributed by atoms with van der Waals surface area (Å²) < 4.78 is 5.53. The highest BCUT2D eigenvalue weighted by atomic mass is 16.5. The Kier molecular flexibility index (Phi) is 4.35. The maximum Gasteiger partial charge on any atom is 0.104 e. The van der Waals surface area contributed by atoms with Crippen LogP contribution in [0.15, 0.2) is 48.9 Å². The van der Waals surface area contributed by atoms with Crippen LogP contribution in [0.1, 0.15) is 23.4 Å². The molecule has 0 aliphatic heterocycles. The third kappa shape index (κ3) is 2.70. The quantitative estimate of drug-likeness (QED) is 0.614. The number of nitrogens with one attached hydrogen (secondary N) is 1. The Morgan fingerprint density at radius 2 is 2.00 bits per heavy atom. The van der Waals surface area contributed by atoms with Gasteiger partial charge < -0.3 is 4.74 Å². The smallest absolute Gasteiger partial charge is 0.104 e. The molecule has 0 aliphatic rings. The van der Waals surface area contributed by atoms with E-state index in [4.69, 9.17) is 10.6 Å². The Labute approximate surface area is 106 Å². The van der Waals surface area contributed by atoms with Crippen LogP contribution in [-0.4, -0.2) is 17.1 Å². The number of hydrazine groups is 1. The highest BCUT2D eigenvalue weighted by molar-refractivity contribution is 5.21. The van der Waals surface area contributed by atoms with E-state index in [1.807, 2.05) is 30.3 Å². The van der Waals surface area contributed by atoms with E-state index in [0.29, 0.717) is 0 Å². The SMILES string of the molecule is COC(c1ccccc1)C(NN)c1cnccn1. The third-order valence-corrected chi connectivity index (χ3v) is 2.77. The lowest BCUT2D eigenvalue weighted by atomic mass is 10.0. The van der Waals surface area contributed by atoms with Crippen molar-refractivity contribution in [2.45, 2.75) is 12.1 Å². The number of rotatable bonds is 5. The normalized spacial score (nSPS) is 14.1. The number of aromatic nitrogens is 2. The molecule has 0 amide bonds. The first-order valence-corrected chi connectivity index (χ1v) is 5.66. The fourth-order valence-electron chi connectivity index (χ4n) is 1.91. The molecule has 2 unspecified atom stereocenters. The molecule has 0 bridgehead atoms. The first kappa shape index (κ1) is 12.6. The number of nitrogens with zero attached hydrogens (tertiary/aromatic N) is 2. The number of methoxy groups -OCH3 is 1. The molecule has 18 heavy (non-hydrogen) atoms. The van der Waals surface area contributed by atoms with Crippen LogP contribution in [0.5, 0.6) is 0 Å². The largest absolute Gasteiger partial charge is 0.375 e. The molecule has 1 heterocycles. The van der Waals surface area contributed by atoms with Gasteiger partial charge in [-0.15, -0.1) is 0 Å². The molecule has 3 N–H and O–H groups in total. The fourth-order valence-corrected chi connectivity index (χ4v) is 1.91. The zero-order valence-corrected chi connectivity index (χ0v) is 10.2. The van der Waals surface area contributed by atoms with Crippen molar-refractivity contribution in [3.63, 3.8) is 0 Å². The van der Waals surface area contributed by atoms with E-state index >= 15 is 0 Å². The highest BCUT2D eigenvalue weighted by Gasteiger charge is 2.24. The summed E-state index contributed by atoms with van der Waals surface area (Å²) in [6, 6.07) is 9.63. The molecule has 1 aromatic heterocycles. The number of nitrogens with two attached hydrogens (primary N) is 1. The van der Waals surface area contributed by atoms with Crippen molar-refractivity contribution in [1.82, 2.24) is 15.4 Å². The molecule has 2 atom stereocenters. The van der Waals surface area contributed by atoms with Crippen molar-refractivity contribution in [2.24, 2.45) is 5.84 Å². The Bertz CT molecular complexity index is 417. The predicted molar refractivity (Wildman–Crippen MR) is 68.3 cm³/mol. The minimum atomic E-state index is -0.244. The lowest BCUT2D eigenvalue weighted by Crippen LogP contribution is -2.34. The second-order valence-corrected chi connectivity index (χ2v) is 3.84. The van der Waals surface area contributed by atoms with Crippen LogP contribution in [0, 0.1) is 0 Å². The lowest BCUT2D eigenvalue weighted by molar-refractivity contribution is 0.0661. The van der Waals surface area contributed by atoms with Gasteiger partial charge in [0.15, 0.2) is 0 Å². The van der Waals surface area contributed by atoms with Gasteiger partial charge >= 0.3 is 0 Å². The van der Waals surface area contributed by atoms with Gasteiger partial charge in [-0.1, -0.05) is 30.3 Å². The van der Waals surface area contributed by atoms with Crippen molar-refractivity contribution in [2.75, 3.05) is 7.11 Å². The van der Waals surface area contributed by atoms with Crippen LogP contribution in [0.4, 0.5) is 0 Å². The molecule has 0 saturated carbocycles. The van der Waals surface area contributed by atoms with Crippen LogP contribution in [0.3, 0.4) is 0 Å². The first-order valence-electron chi connectivity index (χ1n) is 5.66. The van der Waals surface area contributed by atoms with Gasteiger partial charge in [0.05, 0.1) is 17.9 Å². The number of benzene rings is 1. The van der Waals surface area contributed by atoms with Gasteiger partial charge in [0.1, 0.15) is 6.10 Å². The monoisotopic (exact) mass is 244 g/mol. The van der Waals surface area contributed by atoms with Crippen molar-refractivity contribution < 1.29 is 4.74 Å². The van der Waals surface area contributed by atoms with Crippen LogP contribution in [-0.2, 0) is 4.74 Å². The van der Waals surface area contributed by atoms with E-state index in [2.05, 4.69) is 15.4 Å². The Hall–Kier alpha value is -1.82. The van der Waals surface area contributed by atoms with Crippen LogP contribution in [0.2, 0.25) is 0 Å². The van der Waals surface area contributed by atoms with Gasteiger partial charge in [0.2, 0.25) is 0 Å². The zero-order valence-electron chi connectivity index (χ0n) is 10.2. The molecule has 5 heteroatoms. The summed E-state index contributed by atoms with van der Waals surface area (Å²) in [5.74, 6) is 5.62. The highest BCUT2D eigenvalue weighted by Crippen LogP contribution is 2.29. The molecule has 0 saturated heterocycles. The molecule has 0 spiro atoms. The summed E-state index contributed by atoms with van der Waals surface area (Å²) in [6.07, 6.45) is 4.73. The van der Waals surface area contributed by atoms with Gasteiger partial charge in [0, 0.05) is 19.5 Å². The number of ether oxygens (including phenoxy) is 1. The summed E-state index contributed by atoms with van der Waals surface area (Å²) in [4.78, 5) is 8.31. The van der Waals surface area contributed by atoms with Gasteiger partial charge in [0.25, 0.3) is 0 Å². The molecule has 94 valence electrons. The minimum Gasteiger partial charge on any atom is -0.375 e. The molecule has 0 aliphatic carbocycles. The van der Waals surface area contributed by atoms with Crippen LogP contribution in [0.25, 0.3) is 0 Å². The Morgan fingerprint density at radius 3 is 2.56 bits per heavy atom. The Morgan fingerprint density at radius 1 is 1.22 bits per heavy atom. The molecule has 0 radical (unpaired) electrons. The molecule has 5 nitrogen and oxygen atoms in total. The van der Waals surface area contributed by atoms with E-state index < -0.39 is 0 Å². The van der Waals surface area contributed by atoms with Gasteiger partial charge in [-0.25, -0.2) is 5.43 Å². The average Bonchev–Trinajstić information content (AvgIpc) is 2.46. The fraction of sp³-hybridized carbons (Fsp3) is 0.231. The van der Waals surface area contributed by atoms with Crippen molar-refractivity contribution >= 4 is 0 Å². The molecule has 0 fully saturated rings. The van der Waals surface area contributed by atoms with E-state index in [9.17, 15) is 0 Å². The standard InChI is InChI=1S/C13H16N4O/c1-18-13(10-5-3-2-4-6-10)12(17-14)11-9-15-7-8-16-11/h2-9,12-13,17H,14H2,1H3. The maximum atomic E-state index is 5.62. The molecule has 1 aromatic carbocycles. The second kappa shape index (κ2) is 6.20. The minimum absolute atomic E-state index is 0.215. The lowest BCUT2D eigenvalue weighted by Gasteiger charge is -2.25. The van der Waals surface area contributed by atoms with Crippen LogP contribution >= 0.6 is 0 Å². The van der Waals surface area contributed by atoms with E-state index in [1.165, 1.54) is 0 Å². The van der Waals surface area contributed by atoms with E-state index in [1.54, 1.807) is 25.7 Å². The van der Waals surface area contributed by atoms with Crippen molar-refractivity contribution in [3.05, 3.63) is 60.2 Å². The predicted octanol–water partition coefficient (Wildman–Crippen LogP) is 1.37. The molecular formula is C13H16N4O. The number of hydrogen-bond acceptors (Lipinski definition) is 5. The van der Waals surface area contributed by atoms with Gasteiger partial charge in [-0.3, -0.25) is 15.8 Å². The summed E-state index contributed by atoms with van der Waals surface area (Å²) >= 11 is 0. The molecule has 2 rings (SSSR count). The van der Waals surface area contributed by atoms with Gasteiger partial charge in [-0.2, -0.15) is 0 Å². The molecule has 2 aromatic rings. The number of hydrogen-bond donors (Lipinski definition) is 2. The summed E-state index contributed by atoms with van der Waals surface area (Å²) in [5, 5.41) is 0. The van der Waals surface area contributed by atoms with Gasteiger partial charge in [-0.05, 0) is 5.56 Å². The maximum absolute atomic E-state index is 5.62. The third-order valence-electron chi connectivity index (χ3n) is 2.77. The summed E-state index contributed by atoms with van der Waals surface area (Å²) in [7, 11) is 1.65. The Balaban J connectivity index is 2.31. The summed E-state index contributed by atoms with van der Waals surface area (Å²) in [5.41, 5.74) is 4.52. The topological polar surface area (TPSA) is 73.1 Å². The van der Waals surface area contributed by atoms with E-state index in [0.717, 1.165) is 11.3 Å². The summed E-state index contributed by atoms with van der Waals surface area (Å²) in [6.45, 7) is 0. The molecular weight excluding hydrogens is 228 g/mol. The second-order valence-electron chi connectivity index (χ2n) is 3.84. The van der Waals surface area contributed by atoms with Crippen molar-refractivity contribution in [3.8, 4) is 0 Å². The first-order chi connectivity index (χ1) is 8.86. The van der Waals surface area contributed by atoms with Crippen LogP contribution < -0.4 is 11.3 Å². The average molecular weight is 244 g/mol.